The van der Waals surface area contributed by atoms with Gasteiger partial charge in [-0.2, -0.15) is 0 Å². The molecule has 1 heterocycles. The summed E-state index contributed by atoms with van der Waals surface area (Å²) in [5.74, 6) is 1.09. The molecule has 0 aromatic heterocycles. The highest BCUT2D eigenvalue weighted by Crippen LogP contribution is 2.35. The third kappa shape index (κ3) is 2.92. The average molecular weight is 252 g/mol. The van der Waals surface area contributed by atoms with Crippen LogP contribution in [0.25, 0.3) is 0 Å². The van der Waals surface area contributed by atoms with Crippen molar-refractivity contribution in [2.45, 2.75) is 25.4 Å². The number of aliphatic hydroxyl groups excluding tert-OH is 1. The lowest BCUT2D eigenvalue weighted by Crippen LogP contribution is -2.02. The molecule has 0 spiro atoms. The Kier molecular flexibility index (Phi) is 4.04. The van der Waals surface area contributed by atoms with Crippen LogP contribution in [0.5, 0.6) is 11.5 Å². The van der Waals surface area contributed by atoms with Gasteiger partial charge in [0.1, 0.15) is 0 Å². The normalized spacial score (nSPS) is 14.3. The topological polar surface area (TPSA) is 65.0 Å². The van der Waals surface area contributed by atoms with Crippen LogP contribution in [-0.4, -0.2) is 25.0 Å². The Morgan fingerprint density at radius 3 is 3.00 bits per heavy atom. The van der Waals surface area contributed by atoms with Crippen molar-refractivity contribution < 1.29 is 24.1 Å². The van der Waals surface area contributed by atoms with E-state index in [1.54, 1.807) is 18.2 Å². The molecule has 1 aromatic rings. The Labute approximate surface area is 105 Å². The number of aliphatic hydroxyl groups is 1. The minimum absolute atomic E-state index is 0.219. The molecule has 0 bridgehead atoms. The van der Waals surface area contributed by atoms with Crippen molar-refractivity contribution in [2.24, 2.45) is 0 Å². The number of carbonyl (C=O) groups excluding carboxylic acids is 1. The third-order valence-electron chi connectivity index (χ3n) is 2.87. The van der Waals surface area contributed by atoms with Gasteiger partial charge in [0.05, 0.1) is 13.2 Å². The van der Waals surface area contributed by atoms with Gasteiger partial charge in [-0.05, 0) is 30.5 Å². The quantitative estimate of drug-likeness (QED) is 0.809. The Hall–Kier alpha value is -1.75. The number of hydrogen-bond donors (Lipinski definition) is 1. The summed E-state index contributed by atoms with van der Waals surface area (Å²) >= 11 is 0. The second-order valence-electron chi connectivity index (χ2n) is 4.10. The first-order chi connectivity index (χ1) is 8.70. The first-order valence-electron chi connectivity index (χ1n) is 5.85. The summed E-state index contributed by atoms with van der Waals surface area (Å²) in [4.78, 5) is 10.9. The summed E-state index contributed by atoms with van der Waals surface area (Å²) in [6, 6.07) is 5.35. The van der Waals surface area contributed by atoms with Gasteiger partial charge in [-0.1, -0.05) is 6.07 Å². The van der Waals surface area contributed by atoms with Crippen molar-refractivity contribution in [3.63, 3.8) is 0 Å². The van der Waals surface area contributed by atoms with Crippen LogP contribution in [0, 0.1) is 0 Å². The van der Waals surface area contributed by atoms with E-state index in [2.05, 4.69) is 4.74 Å². The molecule has 5 heteroatoms. The van der Waals surface area contributed by atoms with E-state index in [0.29, 0.717) is 30.8 Å². The van der Waals surface area contributed by atoms with Gasteiger partial charge in [-0.3, -0.25) is 4.79 Å². The average Bonchev–Trinajstić information content (AvgIpc) is 2.85. The number of fused-ring (bicyclic) bond motifs is 1. The fourth-order valence-electron chi connectivity index (χ4n) is 1.83. The van der Waals surface area contributed by atoms with Gasteiger partial charge in [-0.25, -0.2) is 0 Å². The molecule has 1 unspecified atom stereocenters. The van der Waals surface area contributed by atoms with Gasteiger partial charge < -0.3 is 19.3 Å². The van der Waals surface area contributed by atoms with E-state index in [0.717, 1.165) is 5.56 Å². The minimum Gasteiger partial charge on any atom is -0.469 e. The number of methoxy groups -OCH3 is 1. The maximum atomic E-state index is 10.9. The van der Waals surface area contributed by atoms with Gasteiger partial charge in [0.25, 0.3) is 0 Å². The van der Waals surface area contributed by atoms with Crippen molar-refractivity contribution in [1.29, 1.82) is 0 Å². The van der Waals surface area contributed by atoms with Crippen LogP contribution in [0.2, 0.25) is 0 Å². The Morgan fingerprint density at radius 2 is 2.22 bits per heavy atom. The van der Waals surface area contributed by atoms with Gasteiger partial charge >= 0.3 is 5.97 Å². The molecule has 18 heavy (non-hydrogen) atoms. The predicted molar refractivity (Wildman–Crippen MR) is 63.4 cm³/mol. The molecule has 0 fully saturated rings. The molecule has 1 N–H and O–H groups in total. The number of ether oxygens (including phenoxy) is 3. The summed E-state index contributed by atoms with van der Waals surface area (Å²) in [5, 5.41) is 9.99. The van der Waals surface area contributed by atoms with Crippen molar-refractivity contribution in [2.75, 3.05) is 13.9 Å². The SMILES string of the molecule is COC(=O)CCCC(O)c1ccc2c(c1)OCO2. The van der Waals surface area contributed by atoms with E-state index in [1.165, 1.54) is 7.11 Å². The molecule has 2 rings (SSSR count). The minimum atomic E-state index is -0.607. The summed E-state index contributed by atoms with van der Waals surface area (Å²) in [6.07, 6.45) is 0.805. The molecule has 0 saturated heterocycles. The van der Waals surface area contributed by atoms with Crippen LogP contribution in [-0.2, 0) is 9.53 Å². The number of rotatable bonds is 5. The van der Waals surface area contributed by atoms with E-state index >= 15 is 0 Å². The molecule has 0 aliphatic carbocycles. The number of benzene rings is 1. The first kappa shape index (κ1) is 12.7. The fraction of sp³-hybridized carbons (Fsp3) is 0.462. The van der Waals surface area contributed by atoms with Crippen LogP contribution >= 0.6 is 0 Å². The maximum Gasteiger partial charge on any atom is 0.305 e. The van der Waals surface area contributed by atoms with Crippen molar-refractivity contribution in [1.82, 2.24) is 0 Å². The Bertz CT molecular complexity index is 429. The third-order valence-corrected chi connectivity index (χ3v) is 2.87. The number of hydrogen-bond acceptors (Lipinski definition) is 5. The summed E-state index contributed by atoms with van der Waals surface area (Å²) < 4.78 is 15.0. The van der Waals surface area contributed by atoms with E-state index < -0.39 is 6.10 Å². The van der Waals surface area contributed by atoms with Crippen molar-refractivity contribution in [3.05, 3.63) is 23.8 Å². The zero-order chi connectivity index (χ0) is 13.0. The molecule has 0 amide bonds. The van der Waals surface area contributed by atoms with Crippen LogP contribution in [0.3, 0.4) is 0 Å². The summed E-state index contributed by atoms with van der Waals surface area (Å²) in [5.41, 5.74) is 0.768. The smallest absolute Gasteiger partial charge is 0.305 e. The molecule has 1 aromatic carbocycles. The van der Waals surface area contributed by atoms with Crippen molar-refractivity contribution >= 4 is 5.97 Å². The van der Waals surface area contributed by atoms with Crippen LogP contribution < -0.4 is 9.47 Å². The monoisotopic (exact) mass is 252 g/mol. The van der Waals surface area contributed by atoms with E-state index in [-0.39, 0.29) is 12.8 Å². The summed E-state index contributed by atoms with van der Waals surface area (Å²) in [6.45, 7) is 0.219. The van der Waals surface area contributed by atoms with E-state index in [4.69, 9.17) is 9.47 Å². The predicted octanol–water partition coefficient (Wildman–Crippen LogP) is 1.79. The van der Waals surface area contributed by atoms with Crippen LogP contribution in [0.4, 0.5) is 0 Å². The summed E-state index contributed by atoms with van der Waals surface area (Å²) in [7, 11) is 1.36. The second-order valence-corrected chi connectivity index (χ2v) is 4.10. The van der Waals surface area contributed by atoms with Gasteiger partial charge in [-0.15, -0.1) is 0 Å². The van der Waals surface area contributed by atoms with Crippen LogP contribution in [0.15, 0.2) is 18.2 Å². The lowest BCUT2D eigenvalue weighted by Gasteiger charge is -2.11. The Balaban J connectivity index is 1.89. The molecule has 1 aliphatic rings. The second kappa shape index (κ2) is 5.73. The lowest BCUT2D eigenvalue weighted by atomic mass is 10.0. The zero-order valence-electron chi connectivity index (χ0n) is 10.2. The highest BCUT2D eigenvalue weighted by Gasteiger charge is 2.16. The van der Waals surface area contributed by atoms with Crippen LogP contribution in [0.1, 0.15) is 30.9 Å². The molecular formula is C13H16O5. The van der Waals surface area contributed by atoms with E-state index in [1.807, 2.05) is 0 Å². The number of carbonyl (C=O) groups is 1. The highest BCUT2D eigenvalue weighted by atomic mass is 16.7. The Morgan fingerprint density at radius 1 is 1.44 bits per heavy atom. The molecule has 5 nitrogen and oxygen atoms in total. The molecule has 0 saturated carbocycles. The molecule has 1 aliphatic heterocycles. The van der Waals surface area contributed by atoms with Gasteiger partial charge in [0, 0.05) is 6.42 Å². The largest absolute Gasteiger partial charge is 0.469 e. The van der Waals surface area contributed by atoms with Gasteiger partial charge in [0.15, 0.2) is 11.5 Å². The zero-order valence-corrected chi connectivity index (χ0v) is 10.2. The highest BCUT2D eigenvalue weighted by molar-refractivity contribution is 5.69. The maximum absolute atomic E-state index is 10.9. The molecule has 0 radical (unpaired) electrons. The lowest BCUT2D eigenvalue weighted by molar-refractivity contribution is -0.140. The van der Waals surface area contributed by atoms with Gasteiger partial charge in [0.2, 0.25) is 6.79 Å². The molecular weight excluding hydrogens is 236 g/mol. The first-order valence-corrected chi connectivity index (χ1v) is 5.85. The molecule has 98 valence electrons. The van der Waals surface area contributed by atoms with E-state index in [9.17, 15) is 9.90 Å². The fourth-order valence-corrected chi connectivity index (χ4v) is 1.83. The van der Waals surface area contributed by atoms with Crippen molar-refractivity contribution in [3.8, 4) is 11.5 Å². The standard InChI is InChI=1S/C13H16O5/c1-16-13(15)4-2-3-10(14)9-5-6-11-12(7-9)18-8-17-11/h5-7,10,14H,2-4,8H2,1H3. The molecule has 1 atom stereocenters. The number of esters is 1.